The summed E-state index contributed by atoms with van der Waals surface area (Å²) in [5.41, 5.74) is 2.05. The summed E-state index contributed by atoms with van der Waals surface area (Å²) in [6.45, 7) is 4.65. The van der Waals surface area contributed by atoms with E-state index in [0.717, 1.165) is 18.6 Å². The van der Waals surface area contributed by atoms with Crippen molar-refractivity contribution in [1.82, 2.24) is 14.6 Å². The van der Waals surface area contributed by atoms with Gasteiger partial charge in [0.25, 0.3) is 0 Å². The molecule has 0 fully saturated rings. The molecule has 2 aromatic heterocycles. The number of anilines is 1. The summed E-state index contributed by atoms with van der Waals surface area (Å²) >= 11 is 0. The van der Waals surface area contributed by atoms with Crippen LogP contribution < -0.4 is 5.32 Å². The molecule has 16 heavy (non-hydrogen) atoms. The Morgan fingerprint density at radius 3 is 3.19 bits per heavy atom. The molecule has 4 heteroatoms. The van der Waals surface area contributed by atoms with Gasteiger partial charge in [0.05, 0.1) is 0 Å². The lowest BCUT2D eigenvalue weighted by Gasteiger charge is -1.94. The Bertz CT molecular complexity index is 545. The van der Waals surface area contributed by atoms with Gasteiger partial charge in [-0.05, 0) is 31.5 Å². The summed E-state index contributed by atoms with van der Waals surface area (Å²) in [5, 5.41) is 7.44. The molecule has 0 saturated carbocycles. The molecule has 1 N–H and O–H groups in total. The van der Waals surface area contributed by atoms with Gasteiger partial charge in [0.2, 0.25) is 5.95 Å². The van der Waals surface area contributed by atoms with Crippen molar-refractivity contribution in [1.29, 1.82) is 0 Å². The zero-order valence-corrected chi connectivity index (χ0v) is 9.49. The Kier molecular flexibility index (Phi) is 3.06. The monoisotopic (exact) mass is 214 g/mol. The first-order chi connectivity index (χ1) is 7.79. The fourth-order valence-corrected chi connectivity index (χ4v) is 1.42. The lowest BCUT2D eigenvalue weighted by molar-refractivity contribution is 0.945. The molecule has 0 aromatic carbocycles. The van der Waals surface area contributed by atoms with Gasteiger partial charge in [-0.3, -0.25) is 0 Å². The number of pyridine rings is 1. The van der Waals surface area contributed by atoms with E-state index in [-0.39, 0.29) is 0 Å². The van der Waals surface area contributed by atoms with E-state index in [1.54, 1.807) is 4.52 Å². The third-order valence-electron chi connectivity index (χ3n) is 2.20. The zero-order chi connectivity index (χ0) is 11.4. The first-order valence-electron chi connectivity index (χ1n) is 5.26. The van der Waals surface area contributed by atoms with Crippen LogP contribution in [0.4, 0.5) is 5.95 Å². The van der Waals surface area contributed by atoms with Crippen LogP contribution in [0.1, 0.15) is 18.9 Å². The molecule has 4 nitrogen and oxygen atoms in total. The average molecular weight is 214 g/mol. The lowest BCUT2D eigenvalue weighted by atomic mass is 10.3. The molecule has 2 aromatic rings. The maximum atomic E-state index is 4.36. The van der Waals surface area contributed by atoms with Crippen LogP contribution in [0.5, 0.6) is 0 Å². The molecule has 2 heterocycles. The van der Waals surface area contributed by atoms with Gasteiger partial charge < -0.3 is 5.32 Å². The minimum Gasteiger partial charge on any atom is -0.352 e. The highest BCUT2D eigenvalue weighted by molar-refractivity contribution is 5.45. The fraction of sp³-hybridized carbons (Fsp3) is 0.333. The number of hydrogen-bond donors (Lipinski definition) is 1. The molecule has 0 aliphatic rings. The molecule has 0 aliphatic carbocycles. The molecule has 0 aliphatic heterocycles. The van der Waals surface area contributed by atoms with Crippen LogP contribution in [0, 0.1) is 18.8 Å². The number of aromatic nitrogens is 3. The van der Waals surface area contributed by atoms with Crippen molar-refractivity contribution >= 4 is 11.6 Å². The smallest absolute Gasteiger partial charge is 0.243 e. The highest BCUT2D eigenvalue weighted by Crippen LogP contribution is 2.07. The van der Waals surface area contributed by atoms with Crippen LogP contribution >= 0.6 is 0 Å². The maximum absolute atomic E-state index is 4.36. The van der Waals surface area contributed by atoms with Crippen molar-refractivity contribution in [3.05, 3.63) is 23.9 Å². The van der Waals surface area contributed by atoms with E-state index in [1.165, 1.54) is 5.56 Å². The number of nitrogens with zero attached hydrogens (tertiary/aromatic N) is 3. The molecule has 82 valence electrons. The topological polar surface area (TPSA) is 42.2 Å². The van der Waals surface area contributed by atoms with Gasteiger partial charge in [-0.2, -0.15) is 4.98 Å². The quantitative estimate of drug-likeness (QED) is 0.626. The van der Waals surface area contributed by atoms with Crippen molar-refractivity contribution in [2.45, 2.75) is 20.3 Å². The van der Waals surface area contributed by atoms with Gasteiger partial charge in [-0.25, -0.2) is 4.52 Å². The molecule has 0 spiro atoms. The lowest BCUT2D eigenvalue weighted by Crippen LogP contribution is -2.02. The van der Waals surface area contributed by atoms with Crippen molar-refractivity contribution in [3.8, 4) is 11.8 Å². The first-order valence-corrected chi connectivity index (χ1v) is 5.26. The summed E-state index contributed by atoms with van der Waals surface area (Å²) in [7, 11) is 0. The average Bonchev–Trinajstić information content (AvgIpc) is 2.66. The second kappa shape index (κ2) is 4.67. The summed E-state index contributed by atoms with van der Waals surface area (Å²) in [5.74, 6) is 6.49. The van der Waals surface area contributed by atoms with Gasteiger partial charge in [0.1, 0.15) is 0 Å². The summed E-state index contributed by atoms with van der Waals surface area (Å²) in [6, 6.07) is 4.01. The van der Waals surface area contributed by atoms with E-state index in [4.69, 9.17) is 0 Å². The Morgan fingerprint density at radius 1 is 1.50 bits per heavy atom. The third kappa shape index (κ3) is 2.31. The summed E-state index contributed by atoms with van der Waals surface area (Å²) in [6.07, 6.45) is 2.72. The molecular weight excluding hydrogens is 200 g/mol. The molecule has 0 amide bonds. The highest BCUT2D eigenvalue weighted by atomic mass is 15.3. The summed E-state index contributed by atoms with van der Waals surface area (Å²) in [4.78, 5) is 4.36. The van der Waals surface area contributed by atoms with Crippen molar-refractivity contribution in [3.63, 3.8) is 0 Å². The van der Waals surface area contributed by atoms with E-state index >= 15 is 0 Å². The van der Waals surface area contributed by atoms with E-state index in [2.05, 4.69) is 27.2 Å². The molecule has 0 unspecified atom stereocenters. The number of hydrogen-bond acceptors (Lipinski definition) is 3. The normalized spacial score (nSPS) is 9.88. The van der Waals surface area contributed by atoms with Crippen molar-refractivity contribution < 1.29 is 0 Å². The first kappa shape index (κ1) is 10.5. The van der Waals surface area contributed by atoms with Crippen molar-refractivity contribution in [2.24, 2.45) is 0 Å². The predicted octanol–water partition coefficient (Wildman–Crippen LogP) is 1.86. The van der Waals surface area contributed by atoms with Gasteiger partial charge in [0, 0.05) is 19.2 Å². The molecule has 0 radical (unpaired) electrons. The Balaban J connectivity index is 2.09. The number of fused-ring (bicyclic) bond motifs is 1. The standard InChI is InChI=1S/C12H14N4/c1-3-4-5-7-13-12-14-11-9-10(2)6-8-16(11)15-12/h6,8-9H,5,7H2,1-2H3,(H,13,15). The minimum absolute atomic E-state index is 0.656. The van der Waals surface area contributed by atoms with Crippen LogP contribution in [-0.2, 0) is 0 Å². The van der Waals surface area contributed by atoms with Gasteiger partial charge in [-0.15, -0.1) is 16.9 Å². The Labute approximate surface area is 94.7 Å². The highest BCUT2D eigenvalue weighted by Gasteiger charge is 2.01. The largest absolute Gasteiger partial charge is 0.352 e. The molecule has 2 rings (SSSR count). The fourth-order valence-electron chi connectivity index (χ4n) is 1.42. The second-order valence-corrected chi connectivity index (χ2v) is 3.55. The van der Waals surface area contributed by atoms with Crippen LogP contribution in [0.2, 0.25) is 0 Å². The maximum Gasteiger partial charge on any atom is 0.243 e. The third-order valence-corrected chi connectivity index (χ3v) is 2.20. The number of aryl methyl sites for hydroxylation is 1. The second-order valence-electron chi connectivity index (χ2n) is 3.55. The Morgan fingerprint density at radius 2 is 2.38 bits per heavy atom. The molecule has 0 saturated heterocycles. The van der Waals surface area contributed by atoms with E-state index in [1.807, 2.05) is 32.2 Å². The van der Waals surface area contributed by atoms with E-state index in [0.29, 0.717) is 5.95 Å². The van der Waals surface area contributed by atoms with E-state index < -0.39 is 0 Å². The number of rotatable bonds is 3. The van der Waals surface area contributed by atoms with Gasteiger partial charge >= 0.3 is 0 Å². The molecular formula is C12H14N4. The minimum atomic E-state index is 0.656. The molecule has 0 atom stereocenters. The van der Waals surface area contributed by atoms with Crippen LogP contribution in [0.15, 0.2) is 18.3 Å². The molecule has 0 bridgehead atoms. The van der Waals surface area contributed by atoms with Crippen LogP contribution in [-0.4, -0.2) is 21.1 Å². The van der Waals surface area contributed by atoms with Crippen LogP contribution in [0.25, 0.3) is 5.65 Å². The summed E-state index contributed by atoms with van der Waals surface area (Å²) < 4.78 is 1.76. The van der Waals surface area contributed by atoms with Gasteiger partial charge in [-0.1, -0.05) is 0 Å². The number of nitrogens with one attached hydrogen (secondary N) is 1. The Hall–Kier alpha value is -2.02. The predicted molar refractivity (Wildman–Crippen MR) is 64.3 cm³/mol. The van der Waals surface area contributed by atoms with Gasteiger partial charge in [0.15, 0.2) is 5.65 Å². The van der Waals surface area contributed by atoms with E-state index in [9.17, 15) is 0 Å². The zero-order valence-electron chi connectivity index (χ0n) is 9.49. The van der Waals surface area contributed by atoms with Crippen LogP contribution in [0.3, 0.4) is 0 Å². The van der Waals surface area contributed by atoms with Crippen molar-refractivity contribution in [2.75, 3.05) is 11.9 Å². The SMILES string of the molecule is CC#CCCNc1nc2cc(C)ccn2n1.